The van der Waals surface area contributed by atoms with E-state index in [2.05, 4.69) is 4.98 Å². The molecule has 0 unspecified atom stereocenters. The quantitative estimate of drug-likeness (QED) is 0.569. The number of imidazole rings is 1. The minimum Gasteiger partial charge on any atom is -0.323 e. The summed E-state index contributed by atoms with van der Waals surface area (Å²) < 4.78 is 40.2. The number of hydrogen-bond donors (Lipinski definition) is 0. The van der Waals surface area contributed by atoms with Crippen LogP contribution in [0.2, 0.25) is 10.0 Å². The van der Waals surface area contributed by atoms with Crippen molar-refractivity contribution in [2.24, 2.45) is 0 Å². The molecular formula is C17H11Cl2F3N2O. The van der Waals surface area contributed by atoms with Crippen molar-refractivity contribution in [1.82, 2.24) is 9.55 Å². The van der Waals surface area contributed by atoms with Crippen molar-refractivity contribution in [2.45, 2.75) is 19.1 Å². The van der Waals surface area contributed by atoms with Gasteiger partial charge in [-0.3, -0.25) is 4.79 Å². The lowest BCUT2D eigenvalue weighted by molar-refractivity contribution is -0.128. The molecule has 0 radical (unpaired) electrons. The van der Waals surface area contributed by atoms with E-state index < -0.39 is 12.6 Å². The van der Waals surface area contributed by atoms with Gasteiger partial charge in [0.05, 0.1) is 21.1 Å². The number of hydrogen-bond acceptors (Lipinski definition) is 2. The molecule has 3 rings (SSSR count). The van der Waals surface area contributed by atoms with Crippen molar-refractivity contribution in [1.29, 1.82) is 0 Å². The third-order valence-electron chi connectivity index (χ3n) is 3.68. The highest BCUT2D eigenvalue weighted by atomic mass is 35.5. The lowest BCUT2D eigenvalue weighted by Gasteiger charge is -2.11. The summed E-state index contributed by atoms with van der Waals surface area (Å²) in [4.78, 5) is 14.8. The van der Waals surface area contributed by atoms with E-state index in [0.717, 1.165) is 5.56 Å². The fourth-order valence-corrected chi connectivity index (χ4v) is 2.86. The Bertz CT molecular complexity index is 934. The van der Waals surface area contributed by atoms with Crippen LogP contribution >= 0.6 is 23.2 Å². The second-order valence-corrected chi connectivity index (χ2v) is 6.33. The molecule has 0 aliphatic carbocycles. The highest BCUT2D eigenvalue weighted by Crippen LogP contribution is 2.31. The van der Waals surface area contributed by atoms with Gasteiger partial charge in [0.25, 0.3) is 0 Å². The van der Waals surface area contributed by atoms with Crippen LogP contribution < -0.4 is 0 Å². The molecule has 0 fully saturated rings. The fourth-order valence-electron chi connectivity index (χ4n) is 2.54. The average Bonchev–Trinajstić information content (AvgIpc) is 2.83. The number of carbonyl (C=O) groups excluding carboxylic acids is 1. The van der Waals surface area contributed by atoms with Crippen LogP contribution in [0.15, 0.2) is 36.4 Å². The normalized spacial score (nSPS) is 11.9. The van der Waals surface area contributed by atoms with E-state index in [9.17, 15) is 18.0 Å². The van der Waals surface area contributed by atoms with Crippen molar-refractivity contribution in [3.8, 4) is 0 Å². The van der Waals surface area contributed by atoms with Gasteiger partial charge in [-0.05, 0) is 17.7 Å². The molecule has 2 aromatic carbocycles. The molecule has 0 saturated heterocycles. The van der Waals surface area contributed by atoms with Gasteiger partial charge >= 0.3 is 6.18 Å². The van der Waals surface area contributed by atoms with Gasteiger partial charge in [-0.1, -0.05) is 47.5 Å². The molecule has 8 heteroatoms. The topological polar surface area (TPSA) is 34.9 Å². The number of aldehydes is 1. The number of fused-ring (bicyclic) bond motifs is 1. The zero-order valence-electron chi connectivity index (χ0n) is 12.6. The minimum absolute atomic E-state index is 0.125. The van der Waals surface area contributed by atoms with Gasteiger partial charge in [-0.25, -0.2) is 4.98 Å². The van der Waals surface area contributed by atoms with Gasteiger partial charge in [0, 0.05) is 12.1 Å². The number of halogens is 5. The molecule has 0 aliphatic heterocycles. The van der Waals surface area contributed by atoms with Crippen LogP contribution in [0.1, 0.15) is 21.7 Å². The van der Waals surface area contributed by atoms with Gasteiger partial charge in [-0.15, -0.1) is 0 Å². The Balaban J connectivity index is 2.10. The molecule has 1 heterocycles. The standard InChI is InChI=1S/C17H11Cl2F3N2O/c18-12-5-14-15(6-13(12)19)24(16(23-14)7-17(20,21)22)8-10-1-3-11(9-25)4-2-10/h1-6,9H,7-8H2. The van der Waals surface area contributed by atoms with Crippen molar-refractivity contribution in [3.63, 3.8) is 0 Å². The van der Waals surface area contributed by atoms with Crippen molar-refractivity contribution in [2.75, 3.05) is 0 Å². The smallest absolute Gasteiger partial charge is 0.323 e. The molecule has 0 atom stereocenters. The van der Waals surface area contributed by atoms with Gasteiger partial charge in [0.1, 0.15) is 18.5 Å². The summed E-state index contributed by atoms with van der Waals surface area (Å²) in [6, 6.07) is 9.54. The van der Waals surface area contributed by atoms with Crippen LogP contribution in [0.3, 0.4) is 0 Å². The van der Waals surface area contributed by atoms with Crippen LogP contribution in [0.4, 0.5) is 13.2 Å². The van der Waals surface area contributed by atoms with Crippen LogP contribution in [-0.4, -0.2) is 22.0 Å². The van der Waals surface area contributed by atoms with Gasteiger partial charge < -0.3 is 4.57 Å². The van der Waals surface area contributed by atoms with E-state index in [1.165, 1.54) is 16.7 Å². The van der Waals surface area contributed by atoms with E-state index in [-0.39, 0.29) is 22.4 Å². The summed E-state index contributed by atoms with van der Waals surface area (Å²) in [5.74, 6) is -0.125. The molecule has 0 aliphatic rings. The molecule has 0 N–H and O–H groups in total. The molecule has 0 spiro atoms. The third kappa shape index (κ3) is 3.96. The maximum Gasteiger partial charge on any atom is 0.396 e. The van der Waals surface area contributed by atoms with E-state index >= 15 is 0 Å². The molecule has 1 aromatic heterocycles. The molecule has 3 aromatic rings. The third-order valence-corrected chi connectivity index (χ3v) is 4.41. The van der Waals surface area contributed by atoms with Crippen LogP contribution in [0.5, 0.6) is 0 Å². The Morgan fingerprint density at radius 2 is 1.72 bits per heavy atom. The second-order valence-electron chi connectivity index (χ2n) is 5.52. The van der Waals surface area contributed by atoms with Crippen LogP contribution in [0, 0.1) is 0 Å². The molecule has 0 amide bonds. The monoisotopic (exact) mass is 386 g/mol. The van der Waals surface area contributed by atoms with E-state index in [1.807, 2.05) is 0 Å². The second kappa shape index (κ2) is 6.69. The summed E-state index contributed by atoms with van der Waals surface area (Å²) in [7, 11) is 0. The van der Waals surface area contributed by atoms with E-state index in [0.29, 0.717) is 22.9 Å². The summed E-state index contributed by atoms with van der Waals surface area (Å²) in [6.07, 6.45) is -4.86. The number of benzene rings is 2. The first-order valence-electron chi connectivity index (χ1n) is 7.22. The Hall–Kier alpha value is -2.05. The maximum atomic E-state index is 12.9. The molecule has 130 valence electrons. The van der Waals surface area contributed by atoms with Gasteiger partial charge in [0.2, 0.25) is 0 Å². The number of carbonyl (C=O) groups is 1. The zero-order valence-corrected chi connectivity index (χ0v) is 14.2. The Kier molecular flexibility index (Phi) is 4.75. The molecule has 0 saturated carbocycles. The van der Waals surface area contributed by atoms with Crippen molar-refractivity contribution >= 4 is 40.5 Å². The van der Waals surface area contributed by atoms with Crippen LogP contribution in [-0.2, 0) is 13.0 Å². The van der Waals surface area contributed by atoms with E-state index in [4.69, 9.17) is 23.2 Å². The summed E-state index contributed by atoms with van der Waals surface area (Å²) in [6.45, 7) is 0.166. The van der Waals surface area contributed by atoms with Crippen molar-refractivity contribution in [3.05, 3.63) is 63.4 Å². The summed E-state index contributed by atoms with van der Waals surface area (Å²) in [5, 5.41) is 0.470. The molecule has 0 bridgehead atoms. The molecule has 25 heavy (non-hydrogen) atoms. The number of rotatable bonds is 4. The van der Waals surface area contributed by atoms with E-state index in [1.54, 1.807) is 24.3 Å². The number of nitrogens with zero attached hydrogens (tertiary/aromatic N) is 2. The lowest BCUT2D eigenvalue weighted by atomic mass is 10.1. The maximum absolute atomic E-state index is 12.9. The molecule has 3 nitrogen and oxygen atoms in total. The summed E-state index contributed by atoms with van der Waals surface area (Å²) >= 11 is 11.9. The fraction of sp³-hybridized carbons (Fsp3) is 0.176. The first-order chi connectivity index (χ1) is 11.8. The molecular weight excluding hydrogens is 376 g/mol. The SMILES string of the molecule is O=Cc1ccc(Cn2c(CC(F)(F)F)nc3cc(Cl)c(Cl)cc32)cc1. The predicted molar refractivity (Wildman–Crippen MR) is 90.4 cm³/mol. The predicted octanol–water partition coefficient (Wildman–Crippen LogP) is 5.31. The highest BCUT2D eigenvalue weighted by Gasteiger charge is 2.31. The van der Waals surface area contributed by atoms with Gasteiger partial charge in [-0.2, -0.15) is 13.2 Å². The zero-order chi connectivity index (χ0) is 18.2. The Morgan fingerprint density at radius 1 is 1.08 bits per heavy atom. The largest absolute Gasteiger partial charge is 0.396 e. The van der Waals surface area contributed by atoms with Crippen molar-refractivity contribution < 1.29 is 18.0 Å². The first kappa shape index (κ1) is 17.8. The summed E-state index contributed by atoms with van der Waals surface area (Å²) in [5.41, 5.74) is 2.04. The average molecular weight is 387 g/mol. The van der Waals surface area contributed by atoms with Gasteiger partial charge in [0.15, 0.2) is 0 Å². The highest BCUT2D eigenvalue weighted by molar-refractivity contribution is 6.42. The minimum atomic E-state index is -4.39. The lowest BCUT2D eigenvalue weighted by Crippen LogP contribution is -2.16. The number of aromatic nitrogens is 2. The first-order valence-corrected chi connectivity index (χ1v) is 7.97. The van der Waals surface area contributed by atoms with Crippen LogP contribution in [0.25, 0.3) is 11.0 Å². The Labute approximate surface area is 151 Å². The Morgan fingerprint density at radius 3 is 2.32 bits per heavy atom. The number of alkyl halides is 3.